The predicted molar refractivity (Wildman–Crippen MR) is 119 cm³/mol. The second kappa shape index (κ2) is 7.88. The van der Waals surface area contributed by atoms with E-state index in [4.69, 9.17) is 4.98 Å². The SMILES string of the molecule is CC(C)n1c(CN2[C@@H](c3ccccc3)C[C@@H]3NC(=O)CCC[C@H]32)nc2ccccc21. The molecular weight excluding hydrogens is 372 g/mol. The first-order valence-corrected chi connectivity index (χ1v) is 11.2. The van der Waals surface area contributed by atoms with Gasteiger partial charge in [-0.15, -0.1) is 0 Å². The Bertz CT molecular complexity index is 1040. The molecule has 5 nitrogen and oxygen atoms in total. The number of hydrogen-bond acceptors (Lipinski definition) is 3. The zero-order valence-electron chi connectivity index (χ0n) is 17.8. The molecule has 2 aliphatic heterocycles. The minimum Gasteiger partial charge on any atom is -0.352 e. The number of carbonyl (C=O) groups excluding carboxylic acids is 1. The van der Waals surface area contributed by atoms with Gasteiger partial charge in [0.25, 0.3) is 0 Å². The Morgan fingerprint density at radius 2 is 1.87 bits per heavy atom. The maximum Gasteiger partial charge on any atom is 0.220 e. The fourth-order valence-corrected chi connectivity index (χ4v) is 5.44. The standard InChI is InChI=1S/C25H30N4O/c1-17(2)29-22-12-7-6-11-19(22)26-24(29)16-28-21-13-8-14-25(30)27-20(21)15-23(28)18-9-4-3-5-10-18/h3-7,9-12,17,20-21,23H,8,13-16H2,1-2H3,(H,27,30)/t20-,21+,23+/m0/s1. The van der Waals surface area contributed by atoms with Crippen LogP contribution in [0.1, 0.15) is 63.0 Å². The average Bonchev–Trinajstić information content (AvgIpc) is 3.21. The van der Waals surface area contributed by atoms with Crippen molar-refractivity contribution in [1.29, 1.82) is 0 Å². The van der Waals surface area contributed by atoms with Crippen LogP contribution in [0.25, 0.3) is 11.0 Å². The van der Waals surface area contributed by atoms with E-state index < -0.39 is 0 Å². The fourth-order valence-electron chi connectivity index (χ4n) is 5.44. The molecular formula is C25H30N4O. The number of nitrogens with zero attached hydrogens (tertiary/aromatic N) is 3. The van der Waals surface area contributed by atoms with E-state index in [0.29, 0.717) is 24.5 Å². The number of carbonyl (C=O) groups is 1. The predicted octanol–water partition coefficient (Wildman–Crippen LogP) is 4.60. The van der Waals surface area contributed by atoms with E-state index in [0.717, 1.165) is 37.1 Å². The zero-order chi connectivity index (χ0) is 20.7. The van der Waals surface area contributed by atoms with Crippen LogP contribution in [-0.4, -0.2) is 32.4 Å². The molecule has 0 bridgehead atoms. The molecule has 0 radical (unpaired) electrons. The Kier molecular flexibility index (Phi) is 5.07. The summed E-state index contributed by atoms with van der Waals surface area (Å²) in [5, 5.41) is 3.31. The number of imidazole rings is 1. The lowest BCUT2D eigenvalue weighted by molar-refractivity contribution is -0.121. The fraction of sp³-hybridized carbons (Fsp3) is 0.440. The summed E-state index contributed by atoms with van der Waals surface area (Å²) in [6.07, 6.45) is 3.60. The van der Waals surface area contributed by atoms with Gasteiger partial charge in [-0.3, -0.25) is 9.69 Å². The minimum atomic E-state index is 0.200. The molecule has 30 heavy (non-hydrogen) atoms. The van der Waals surface area contributed by atoms with Gasteiger partial charge in [0.05, 0.1) is 17.6 Å². The molecule has 1 amide bonds. The number of hydrogen-bond donors (Lipinski definition) is 1. The molecule has 2 aromatic carbocycles. The van der Waals surface area contributed by atoms with Crippen LogP contribution in [0, 0.1) is 0 Å². The van der Waals surface area contributed by atoms with E-state index in [1.54, 1.807) is 0 Å². The molecule has 2 aliphatic rings. The van der Waals surface area contributed by atoms with Crippen molar-refractivity contribution in [3.05, 3.63) is 66.0 Å². The molecule has 0 saturated carbocycles. The molecule has 3 atom stereocenters. The van der Waals surface area contributed by atoms with E-state index in [-0.39, 0.29) is 11.9 Å². The van der Waals surface area contributed by atoms with Crippen molar-refractivity contribution in [2.24, 2.45) is 0 Å². The summed E-state index contributed by atoms with van der Waals surface area (Å²) >= 11 is 0. The van der Waals surface area contributed by atoms with E-state index in [9.17, 15) is 4.79 Å². The summed E-state index contributed by atoms with van der Waals surface area (Å²) in [5.41, 5.74) is 3.58. The van der Waals surface area contributed by atoms with Crippen molar-refractivity contribution >= 4 is 16.9 Å². The molecule has 3 heterocycles. The molecule has 1 N–H and O–H groups in total. The molecule has 156 valence electrons. The van der Waals surface area contributed by atoms with Crippen LogP contribution in [-0.2, 0) is 11.3 Å². The summed E-state index contributed by atoms with van der Waals surface area (Å²) in [6, 6.07) is 20.3. The van der Waals surface area contributed by atoms with Crippen LogP contribution in [0.5, 0.6) is 0 Å². The Morgan fingerprint density at radius 3 is 2.67 bits per heavy atom. The van der Waals surface area contributed by atoms with Gasteiger partial charge in [-0.2, -0.15) is 0 Å². The molecule has 3 aromatic rings. The molecule has 0 unspecified atom stereocenters. The minimum absolute atomic E-state index is 0.200. The van der Waals surface area contributed by atoms with Gasteiger partial charge < -0.3 is 9.88 Å². The first-order chi connectivity index (χ1) is 14.6. The van der Waals surface area contributed by atoms with Crippen molar-refractivity contribution in [3.8, 4) is 0 Å². The quantitative estimate of drug-likeness (QED) is 0.694. The highest BCUT2D eigenvalue weighted by Gasteiger charge is 2.43. The van der Waals surface area contributed by atoms with Crippen LogP contribution in [0.4, 0.5) is 0 Å². The van der Waals surface area contributed by atoms with Gasteiger partial charge >= 0.3 is 0 Å². The lowest BCUT2D eigenvalue weighted by Gasteiger charge is -2.31. The Morgan fingerprint density at radius 1 is 1.10 bits per heavy atom. The van der Waals surface area contributed by atoms with Crippen molar-refractivity contribution < 1.29 is 4.79 Å². The number of benzene rings is 2. The van der Waals surface area contributed by atoms with Crippen molar-refractivity contribution in [3.63, 3.8) is 0 Å². The zero-order valence-corrected chi connectivity index (χ0v) is 17.8. The number of rotatable bonds is 4. The molecule has 0 aliphatic carbocycles. The Balaban J connectivity index is 1.55. The summed E-state index contributed by atoms with van der Waals surface area (Å²) in [5.74, 6) is 1.31. The van der Waals surface area contributed by atoms with Gasteiger partial charge in [0, 0.05) is 30.6 Å². The number of nitrogens with one attached hydrogen (secondary N) is 1. The van der Waals surface area contributed by atoms with Gasteiger partial charge in [-0.1, -0.05) is 42.5 Å². The number of para-hydroxylation sites is 2. The summed E-state index contributed by atoms with van der Waals surface area (Å²) < 4.78 is 2.37. The van der Waals surface area contributed by atoms with E-state index in [1.807, 2.05) is 0 Å². The van der Waals surface area contributed by atoms with Crippen LogP contribution in [0.2, 0.25) is 0 Å². The second-order valence-electron chi connectivity index (χ2n) is 8.95. The number of aromatic nitrogens is 2. The highest BCUT2D eigenvalue weighted by atomic mass is 16.1. The third-order valence-corrected chi connectivity index (χ3v) is 6.71. The maximum atomic E-state index is 12.2. The molecule has 2 fully saturated rings. The van der Waals surface area contributed by atoms with Crippen molar-refractivity contribution in [2.45, 2.75) is 70.2 Å². The third kappa shape index (κ3) is 3.41. The van der Waals surface area contributed by atoms with Crippen LogP contribution in [0.15, 0.2) is 54.6 Å². The Hall–Kier alpha value is -2.66. The number of fused-ring (bicyclic) bond motifs is 2. The van der Waals surface area contributed by atoms with Gasteiger partial charge in [0.15, 0.2) is 0 Å². The van der Waals surface area contributed by atoms with Crippen molar-refractivity contribution in [2.75, 3.05) is 0 Å². The monoisotopic (exact) mass is 402 g/mol. The summed E-state index contributed by atoms with van der Waals surface area (Å²) in [4.78, 5) is 19.9. The van der Waals surface area contributed by atoms with E-state index in [2.05, 4.69) is 83.2 Å². The number of amides is 1. The van der Waals surface area contributed by atoms with E-state index >= 15 is 0 Å². The smallest absolute Gasteiger partial charge is 0.220 e. The molecule has 2 saturated heterocycles. The Labute approximate surface area is 178 Å². The van der Waals surface area contributed by atoms with Crippen LogP contribution in [0.3, 0.4) is 0 Å². The third-order valence-electron chi connectivity index (χ3n) is 6.71. The van der Waals surface area contributed by atoms with Crippen LogP contribution < -0.4 is 5.32 Å². The second-order valence-corrected chi connectivity index (χ2v) is 8.95. The first kappa shape index (κ1) is 19.3. The largest absolute Gasteiger partial charge is 0.352 e. The van der Waals surface area contributed by atoms with Gasteiger partial charge in [-0.25, -0.2) is 4.98 Å². The topological polar surface area (TPSA) is 50.2 Å². The normalized spacial score (nSPS) is 24.8. The maximum absolute atomic E-state index is 12.2. The summed E-state index contributed by atoms with van der Waals surface area (Å²) in [7, 11) is 0. The molecule has 1 aromatic heterocycles. The highest BCUT2D eigenvalue weighted by Crippen LogP contribution is 2.40. The van der Waals surface area contributed by atoms with Crippen molar-refractivity contribution in [1.82, 2.24) is 19.8 Å². The molecule has 5 heteroatoms. The summed E-state index contributed by atoms with van der Waals surface area (Å²) in [6.45, 7) is 5.25. The van der Waals surface area contributed by atoms with Gasteiger partial charge in [0.2, 0.25) is 5.91 Å². The molecule has 5 rings (SSSR count). The van der Waals surface area contributed by atoms with Gasteiger partial charge in [-0.05, 0) is 50.8 Å². The van der Waals surface area contributed by atoms with Crippen LogP contribution >= 0.6 is 0 Å². The molecule has 0 spiro atoms. The highest BCUT2D eigenvalue weighted by molar-refractivity contribution is 5.77. The first-order valence-electron chi connectivity index (χ1n) is 11.2. The van der Waals surface area contributed by atoms with E-state index in [1.165, 1.54) is 11.1 Å². The average molecular weight is 403 g/mol. The number of likely N-dealkylation sites (tertiary alicyclic amines) is 1. The lowest BCUT2D eigenvalue weighted by atomic mass is 10.0. The lowest BCUT2D eigenvalue weighted by Crippen LogP contribution is -2.42. The van der Waals surface area contributed by atoms with Gasteiger partial charge in [0.1, 0.15) is 5.82 Å².